The maximum absolute atomic E-state index is 13.4. The minimum atomic E-state index is -1.23. The van der Waals surface area contributed by atoms with Crippen LogP contribution in [-0.4, -0.2) is 50.3 Å². The molecule has 1 fully saturated rings. The normalized spacial score (nSPS) is 19.5. The minimum absolute atomic E-state index is 0.277. The van der Waals surface area contributed by atoms with Crippen molar-refractivity contribution in [2.45, 2.75) is 25.4 Å². The zero-order valence-electron chi connectivity index (χ0n) is 19.8. The van der Waals surface area contributed by atoms with Gasteiger partial charge in [0.25, 0.3) is 5.91 Å². The largest absolute Gasteiger partial charge is 0.335 e. The summed E-state index contributed by atoms with van der Waals surface area (Å²) >= 11 is 0. The number of rotatable bonds is 4. The summed E-state index contributed by atoms with van der Waals surface area (Å²) in [7, 11) is 0. The Bertz CT molecular complexity index is 1510. The van der Waals surface area contributed by atoms with Gasteiger partial charge in [0.2, 0.25) is 5.91 Å². The second kappa shape index (κ2) is 8.34. The number of nitrogens with zero attached hydrogens (tertiary/aromatic N) is 4. The van der Waals surface area contributed by atoms with Gasteiger partial charge in [-0.25, -0.2) is 9.78 Å². The average Bonchev–Trinajstić information content (AvgIpc) is 3.43. The monoisotopic (exact) mass is 479 g/mol. The molecule has 8 nitrogen and oxygen atoms in total. The van der Waals surface area contributed by atoms with E-state index in [9.17, 15) is 14.4 Å². The van der Waals surface area contributed by atoms with Gasteiger partial charge in [0.1, 0.15) is 12.1 Å². The molecule has 1 N–H and O–H groups in total. The van der Waals surface area contributed by atoms with Gasteiger partial charge < -0.3 is 14.8 Å². The van der Waals surface area contributed by atoms with E-state index in [1.54, 1.807) is 18.2 Å². The molecule has 1 aromatic heterocycles. The first-order valence-corrected chi connectivity index (χ1v) is 12.0. The highest BCUT2D eigenvalue weighted by atomic mass is 16.2. The topological polar surface area (TPSA) is 87.5 Å². The van der Waals surface area contributed by atoms with Crippen LogP contribution in [0, 0.1) is 0 Å². The van der Waals surface area contributed by atoms with Crippen LogP contribution in [-0.2, 0) is 28.1 Å². The van der Waals surface area contributed by atoms with Gasteiger partial charge in [0.05, 0.1) is 18.6 Å². The van der Waals surface area contributed by atoms with Crippen LogP contribution in [0.4, 0.5) is 4.79 Å². The third-order valence-electron chi connectivity index (χ3n) is 7.19. The molecule has 4 aromatic rings. The number of benzene rings is 3. The van der Waals surface area contributed by atoms with E-state index in [0.717, 1.165) is 32.7 Å². The summed E-state index contributed by atoms with van der Waals surface area (Å²) in [4.78, 5) is 46.6. The lowest BCUT2D eigenvalue weighted by atomic mass is 9.90. The van der Waals surface area contributed by atoms with Gasteiger partial charge in [-0.2, -0.15) is 0 Å². The maximum Gasteiger partial charge on any atom is 0.325 e. The SMILES string of the molecule is CC1(c2ccc3ccccc3c2)NC(=O)N(CC(=O)N2CCc3c(ncn3-c3ccccc3)C2)C1=O. The summed E-state index contributed by atoms with van der Waals surface area (Å²) in [5, 5.41) is 4.84. The Morgan fingerprint density at radius 3 is 2.56 bits per heavy atom. The van der Waals surface area contributed by atoms with Crippen molar-refractivity contribution < 1.29 is 14.4 Å². The van der Waals surface area contributed by atoms with Crippen molar-refractivity contribution in [3.8, 4) is 5.69 Å². The van der Waals surface area contributed by atoms with E-state index in [4.69, 9.17) is 0 Å². The molecule has 1 unspecified atom stereocenters. The number of hydrogen-bond acceptors (Lipinski definition) is 4. The van der Waals surface area contributed by atoms with Crippen molar-refractivity contribution in [3.63, 3.8) is 0 Å². The minimum Gasteiger partial charge on any atom is -0.335 e. The highest BCUT2D eigenvalue weighted by Gasteiger charge is 2.49. The van der Waals surface area contributed by atoms with Crippen LogP contribution in [0.5, 0.6) is 0 Å². The molecule has 1 atom stereocenters. The van der Waals surface area contributed by atoms with Gasteiger partial charge >= 0.3 is 6.03 Å². The number of para-hydroxylation sites is 1. The molecule has 0 radical (unpaired) electrons. The van der Waals surface area contributed by atoms with Crippen LogP contribution in [0.15, 0.2) is 79.1 Å². The molecule has 6 rings (SSSR count). The van der Waals surface area contributed by atoms with Crippen molar-refractivity contribution >= 4 is 28.6 Å². The average molecular weight is 480 g/mol. The molecule has 0 spiro atoms. The molecule has 2 aliphatic heterocycles. The van der Waals surface area contributed by atoms with Crippen molar-refractivity contribution in [1.82, 2.24) is 24.7 Å². The van der Waals surface area contributed by atoms with Gasteiger partial charge in [-0.15, -0.1) is 0 Å². The van der Waals surface area contributed by atoms with Crippen LogP contribution >= 0.6 is 0 Å². The summed E-state index contributed by atoms with van der Waals surface area (Å²) in [5.74, 6) is -0.705. The first-order chi connectivity index (χ1) is 17.4. The van der Waals surface area contributed by atoms with Crippen molar-refractivity contribution in [1.29, 1.82) is 0 Å². The molecule has 0 aliphatic carbocycles. The Balaban J connectivity index is 1.18. The smallest absolute Gasteiger partial charge is 0.325 e. The van der Waals surface area contributed by atoms with E-state index in [1.807, 2.05) is 77.4 Å². The number of imidazole rings is 1. The fourth-order valence-corrected chi connectivity index (χ4v) is 5.10. The lowest BCUT2D eigenvalue weighted by molar-refractivity contribution is -0.139. The Labute approximate surface area is 208 Å². The van der Waals surface area contributed by atoms with Gasteiger partial charge in [-0.1, -0.05) is 54.6 Å². The summed E-state index contributed by atoms with van der Waals surface area (Å²) < 4.78 is 2.05. The molecule has 8 heteroatoms. The maximum atomic E-state index is 13.4. The van der Waals surface area contributed by atoms with Crippen molar-refractivity contribution in [2.75, 3.05) is 13.1 Å². The molecule has 2 aliphatic rings. The second-order valence-corrected chi connectivity index (χ2v) is 9.42. The van der Waals surface area contributed by atoms with Gasteiger partial charge in [-0.05, 0) is 41.5 Å². The molecule has 1 saturated heterocycles. The van der Waals surface area contributed by atoms with Crippen LogP contribution in [0.25, 0.3) is 16.5 Å². The zero-order chi connectivity index (χ0) is 24.9. The lowest BCUT2D eigenvalue weighted by Crippen LogP contribution is -2.46. The second-order valence-electron chi connectivity index (χ2n) is 9.42. The number of imide groups is 1. The molecule has 0 saturated carbocycles. The fraction of sp³-hybridized carbons (Fsp3) is 0.214. The molecule has 4 amide bonds. The van der Waals surface area contributed by atoms with E-state index in [2.05, 4.69) is 10.3 Å². The molecular formula is C28H25N5O3. The standard InChI is InChI=1S/C28H25N5O3/c1-28(21-12-11-19-7-5-6-8-20(19)15-21)26(35)32(27(36)30-28)17-25(34)31-14-13-24-23(16-31)29-18-33(24)22-9-3-2-4-10-22/h2-12,15,18H,13-14,16-17H2,1H3,(H,30,36). The number of carbonyl (C=O) groups is 3. The van der Waals surface area contributed by atoms with E-state index in [0.29, 0.717) is 25.1 Å². The summed E-state index contributed by atoms with van der Waals surface area (Å²) in [6.45, 7) is 2.23. The van der Waals surface area contributed by atoms with Gasteiger partial charge in [0, 0.05) is 24.3 Å². The summed E-state index contributed by atoms with van der Waals surface area (Å²) in [6.07, 6.45) is 2.42. The third kappa shape index (κ3) is 3.53. The summed E-state index contributed by atoms with van der Waals surface area (Å²) in [6, 6.07) is 22.9. The number of hydrogen-bond donors (Lipinski definition) is 1. The Kier molecular flexibility index (Phi) is 5.10. The molecule has 180 valence electrons. The predicted octanol–water partition coefficient (Wildman–Crippen LogP) is 3.38. The molecule has 3 heterocycles. The number of aromatic nitrogens is 2. The number of fused-ring (bicyclic) bond motifs is 2. The molecule has 3 aromatic carbocycles. The lowest BCUT2D eigenvalue weighted by Gasteiger charge is -2.28. The summed E-state index contributed by atoms with van der Waals surface area (Å²) in [5.41, 5.74) is 2.38. The van der Waals surface area contributed by atoms with Crippen molar-refractivity contribution in [2.24, 2.45) is 0 Å². The van der Waals surface area contributed by atoms with E-state index < -0.39 is 17.5 Å². The van der Waals surface area contributed by atoms with Gasteiger partial charge in [0.15, 0.2) is 0 Å². The molecular weight excluding hydrogens is 454 g/mol. The zero-order valence-corrected chi connectivity index (χ0v) is 19.8. The van der Waals surface area contributed by atoms with E-state index in [1.165, 1.54) is 0 Å². The van der Waals surface area contributed by atoms with Crippen LogP contribution in [0.2, 0.25) is 0 Å². The highest BCUT2D eigenvalue weighted by Crippen LogP contribution is 2.31. The number of nitrogens with one attached hydrogen (secondary N) is 1. The first kappa shape index (κ1) is 22.0. The first-order valence-electron chi connectivity index (χ1n) is 12.0. The van der Waals surface area contributed by atoms with Crippen LogP contribution in [0.1, 0.15) is 23.9 Å². The Morgan fingerprint density at radius 1 is 1.00 bits per heavy atom. The highest BCUT2D eigenvalue weighted by molar-refractivity contribution is 6.09. The quantitative estimate of drug-likeness (QED) is 0.455. The Morgan fingerprint density at radius 2 is 1.75 bits per heavy atom. The van der Waals surface area contributed by atoms with Crippen LogP contribution in [0.3, 0.4) is 0 Å². The fourth-order valence-electron chi connectivity index (χ4n) is 5.10. The molecule has 0 bridgehead atoms. The van der Waals surface area contributed by atoms with Crippen LogP contribution < -0.4 is 5.32 Å². The van der Waals surface area contributed by atoms with E-state index in [-0.39, 0.29) is 12.5 Å². The van der Waals surface area contributed by atoms with Gasteiger partial charge in [-0.3, -0.25) is 14.5 Å². The predicted molar refractivity (Wildman–Crippen MR) is 134 cm³/mol. The molecule has 36 heavy (non-hydrogen) atoms. The van der Waals surface area contributed by atoms with E-state index >= 15 is 0 Å². The number of urea groups is 1. The number of carbonyl (C=O) groups excluding carboxylic acids is 3. The Hall–Kier alpha value is -4.46. The van der Waals surface area contributed by atoms with Crippen molar-refractivity contribution in [3.05, 3.63) is 96.1 Å². The number of amides is 4. The third-order valence-corrected chi connectivity index (χ3v) is 7.19.